The van der Waals surface area contributed by atoms with Crippen molar-refractivity contribution in [3.63, 3.8) is 0 Å². The van der Waals surface area contributed by atoms with Gasteiger partial charge in [0.05, 0.1) is 18.5 Å². The quantitative estimate of drug-likeness (QED) is 0.647. The van der Waals surface area contributed by atoms with E-state index >= 15 is 0 Å². The van der Waals surface area contributed by atoms with Gasteiger partial charge in [-0.15, -0.1) is 0 Å². The van der Waals surface area contributed by atoms with Crippen LogP contribution in [0.3, 0.4) is 0 Å². The molecule has 1 amide bonds. The van der Waals surface area contributed by atoms with E-state index < -0.39 is 7.26 Å². The molecule has 1 aliphatic carbocycles. The van der Waals surface area contributed by atoms with Gasteiger partial charge in [-0.1, -0.05) is 17.7 Å². The number of rotatable bonds is 6. The molecule has 1 N–H and O–H groups in total. The minimum Gasteiger partial charge on any atom is -0.322 e. The molecule has 1 radical (unpaired) electrons. The number of hydrogen-bond acceptors (Lipinski definition) is 1. The van der Waals surface area contributed by atoms with Crippen LogP contribution in [0.4, 0.5) is 5.69 Å². The zero-order valence-electron chi connectivity index (χ0n) is 15.6. The van der Waals surface area contributed by atoms with Crippen LogP contribution in [-0.2, 0) is 37.5 Å². The van der Waals surface area contributed by atoms with Gasteiger partial charge in [-0.25, -0.2) is 0 Å². The Bertz CT molecular complexity index is 545. The molecule has 1 aromatic carbocycles. The maximum Gasteiger partial charge on any atom is 0.268 e. The Morgan fingerprint density at radius 2 is 1.48 bits per heavy atom. The van der Waals surface area contributed by atoms with Gasteiger partial charge >= 0.3 is 0 Å². The van der Waals surface area contributed by atoms with Crippen LogP contribution in [0, 0.1) is 20.8 Å². The molecule has 1 saturated carbocycles. The number of carbonyl (C=O) groups excluding carboxylic acids is 1. The molecule has 125 valence electrons. The van der Waals surface area contributed by atoms with Crippen LogP contribution in [0.1, 0.15) is 50.3 Å². The topological polar surface area (TPSA) is 29.1 Å². The zero-order chi connectivity index (χ0) is 16.5. The van der Waals surface area contributed by atoms with Gasteiger partial charge in [-0.2, -0.15) is 0 Å². The van der Waals surface area contributed by atoms with Gasteiger partial charge in [0.15, 0.2) is 5.16 Å². The molecule has 0 spiro atoms. The van der Waals surface area contributed by atoms with E-state index in [4.69, 9.17) is 0 Å². The number of aryl methyl sites for hydroxylation is 3. The largest absolute Gasteiger partial charge is 0.322 e. The maximum atomic E-state index is 13.1. The van der Waals surface area contributed by atoms with Crippen molar-refractivity contribution in [2.75, 3.05) is 23.8 Å². The van der Waals surface area contributed by atoms with E-state index in [1.165, 1.54) is 35.2 Å². The van der Waals surface area contributed by atoms with Crippen LogP contribution in [0.5, 0.6) is 0 Å². The first-order valence-electron chi connectivity index (χ1n) is 8.61. The molecule has 1 fully saturated rings. The number of hydrogen-bond donors (Lipinski definition) is 1. The molecule has 23 heavy (non-hydrogen) atoms. The minimum atomic E-state index is -1.18. The van der Waals surface area contributed by atoms with Gasteiger partial charge in [0.25, 0.3) is 5.91 Å². The fraction of sp³-hybridized carbons (Fsp3) is 0.632. The van der Waals surface area contributed by atoms with Crippen LogP contribution in [0.2, 0.25) is 0 Å². The van der Waals surface area contributed by atoms with Crippen molar-refractivity contribution in [1.82, 2.24) is 0 Å². The van der Waals surface area contributed by atoms with E-state index in [2.05, 4.69) is 59.0 Å². The van der Waals surface area contributed by atoms with E-state index in [-0.39, 0.29) is 37.9 Å². The first-order valence-corrected chi connectivity index (χ1v) is 11.0. The monoisotopic (exact) mass is 409 g/mol. The van der Waals surface area contributed by atoms with Gasteiger partial charge < -0.3 is 5.32 Å². The van der Waals surface area contributed by atoms with Crippen molar-refractivity contribution in [3.8, 4) is 0 Å². The Morgan fingerprint density at radius 3 is 1.83 bits per heavy atom. The van der Waals surface area contributed by atoms with Crippen molar-refractivity contribution in [3.05, 3.63) is 28.8 Å². The van der Waals surface area contributed by atoms with Gasteiger partial charge in [0, 0.05) is 58.5 Å². The fourth-order valence-electron chi connectivity index (χ4n) is 4.22. The third-order valence-electron chi connectivity index (χ3n) is 5.79. The van der Waals surface area contributed by atoms with E-state index in [0.29, 0.717) is 5.91 Å². The smallest absolute Gasteiger partial charge is 0.268 e. The number of carbonyl (C=O) groups is 1. The molecule has 0 atom stereocenters. The summed E-state index contributed by atoms with van der Waals surface area (Å²) in [5.74, 6) is 0.293. The summed E-state index contributed by atoms with van der Waals surface area (Å²) >= 11 is 0. The predicted molar refractivity (Wildman–Crippen MR) is 99.8 cm³/mol. The molecule has 0 aliphatic heterocycles. The van der Waals surface area contributed by atoms with Crippen LogP contribution in [-0.4, -0.2) is 29.5 Å². The Kier molecular flexibility index (Phi) is 7.46. The van der Waals surface area contributed by atoms with Crippen LogP contribution in [0.15, 0.2) is 12.1 Å². The summed E-state index contributed by atoms with van der Waals surface area (Å²) < 4.78 is 0. The maximum absolute atomic E-state index is 13.1. The summed E-state index contributed by atoms with van der Waals surface area (Å²) in [5.41, 5.74) is 4.64. The second kappa shape index (κ2) is 8.07. The molecule has 0 saturated heterocycles. The molecule has 0 bridgehead atoms. The minimum absolute atomic E-state index is 0. The number of anilines is 1. The van der Waals surface area contributed by atoms with Gasteiger partial charge in [-0.3, -0.25) is 4.79 Å². The number of benzene rings is 1. The molecule has 4 heteroatoms. The number of amides is 1. The average molecular weight is 409 g/mol. The van der Waals surface area contributed by atoms with Crippen molar-refractivity contribution >= 4 is 18.9 Å². The SMILES string of the molecule is CC[P+](CC)(CC)C1(C(=O)Nc2c(C)cc(C)cc2C)CC1.[Y]. The first kappa shape index (κ1) is 21.3. The molecular weight excluding hydrogens is 378 g/mol. The van der Waals surface area contributed by atoms with Crippen LogP contribution >= 0.6 is 7.26 Å². The average Bonchev–Trinajstić information content (AvgIpc) is 3.27. The molecule has 2 nitrogen and oxygen atoms in total. The first-order chi connectivity index (χ1) is 10.4. The molecule has 0 aromatic heterocycles. The second-order valence-corrected chi connectivity index (χ2v) is 11.9. The Hall–Kier alpha value is 0.224. The van der Waals surface area contributed by atoms with E-state index in [0.717, 1.165) is 18.5 Å². The van der Waals surface area contributed by atoms with Crippen molar-refractivity contribution in [2.24, 2.45) is 0 Å². The Labute approximate surface area is 167 Å². The molecule has 1 aromatic rings. The van der Waals surface area contributed by atoms with E-state index in [1.54, 1.807) is 0 Å². The second-order valence-electron chi connectivity index (χ2n) is 6.85. The molecule has 0 unspecified atom stereocenters. The fourth-order valence-corrected chi connectivity index (χ4v) is 8.93. The summed E-state index contributed by atoms with van der Waals surface area (Å²) in [4.78, 5) is 13.1. The third-order valence-corrected chi connectivity index (χ3v) is 11.9. The molecule has 0 heterocycles. The van der Waals surface area contributed by atoms with Crippen molar-refractivity contribution in [1.29, 1.82) is 0 Å². The van der Waals surface area contributed by atoms with Crippen molar-refractivity contribution < 1.29 is 37.5 Å². The zero-order valence-corrected chi connectivity index (χ0v) is 19.4. The molecule has 2 rings (SSSR count). The molecule has 1 aliphatic rings. The summed E-state index contributed by atoms with van der Waals surface area (Å²) in [6.45, 7) is 13.2. The Balaban J connectivity index is 0.00000264. The van der Waals surface area contributed by atoms with E-state index in [1.807, 2.05) is 0 Å². The van der Waals surface area contributed by atoms with Gasteiger partial charge in [0.1, 0.15) is 0 Å². The van der Waals surface area contributed by atoms with Gasteiger partial charge in [0.2, 0.25) is 0 Å². The van der Waals surface area contributed by atoms with Crippen LogP contribution < -0.4 is 5.32 Å². The number of nitrogens with one attached hydrogen (secondary N) is 1. The predicted octanol–water partition coefficient (Wildman–Crippen LogP) is 5.16. The van der Waals surface area contributed by atoms with Crippen molar-refractivity contribution in [2.45, 2.75) is 59.5 Å². The summed E-state index contributed by atoms with van der Waals surface area (Å²) in [5, 5.41) is 3.27. The molecular formula is C19H31NOPY+. The summed E-state index contributed by atoms with van der Waals surface area (Å²) in [6, 6.07) is 4.31. The standard InChI is InChI=1S/C19H30NOP.Y/c1-7-22(8-2,9-3)19(10-11-19)18(21)20-17-15(5)12-14(4)13-16(17)6;/h12-13H,7-11H2,1-6H3;/p+1. The summed E-state index contributed by atoms with van der Waals surface area (Å²) in [6.07, 6.45) is 5.76. The summed E-state index contributed by atoms with van der Waals surface area (Å²) in [7, 11) is -1.18. The Morgan fingerprint density at radius 1 is 1.04 bits per heavy atom. The van der Waals surface area contributed by atoms with Gasteiger partial charge in [-0.05, 0) is 52.7 Å². The van der Waals surface area contributed by atoms with E-state index in [9.17, 15) is 4.79 Å². The normalized spacial score (nSPS) is 15.7. The third kappa shape index (κ3) is 3.75. The van der Waals surface area contributed by atoms with Crippen LogP contribution in [0.25, 0.3) is 0 Å².